The van der Waals surface area contributed by atoms with E-state index in [1.165, 1.54) is 64.2 Å². The molecule has 1 N–H and O–H groups in total. The fourth-order valence-corrected chi connectivity index (χ4v) is 5.79. The van der Waals surface area contributed by atoms with Gasteiger partial charge < -0.3 is 24.1 Å². The summed E-state index contributed by atoms with van der Waals surface area (Å²) in [7, 11) is 0. The van der Waals surface area contributed by atoms with Gasteiger partial charge in [0, 0.05) is 24.3 Å². The van der Waals surface area contributed by atoms with Gasteiger partial charge in [-0.15, -0.1) is 0 Å². The number of aliphatic hydroxyl groups is 1. The Bertz CT molecular complexity index is 1040. The molecule has 2 aromatic carbocycles. The summed E-state index contributed by atoms with van der Waals surface area (Å²) < 4.78 is 22.8. The monoisotopic (exact) mass is 664 g/mol. The third-order valence-electron chi connectivity index (χ3n) is 8.88. The highest BCUT2D eigenvalue weighted by molar-refractivity contribution is 5.95. The van der Waals surface area contributed by atoms with Crippen molar-refractivity contribution in [2.45, 2.75) is 129 Å². The van der Waals surface area contributed by atoms with Gasteiger partial charge in [-0.1, -0.05) is 128 Å². The van der Waals surface area contributed by atoms with Gasteiger partial charge in [0.15, 0.2) is 0 Å². The van der Waals surface area contributed by atoms with E-state index in [4.69, 9.17) is 18.9 Å². The number of aliphatic imine (C=N–C) groups is 2. The summed E-state index contributed by atoms with van der Waals surface area (Å²) in [5, 5.41) is 9.96. The van der Waals surface area contributed by atoms with Crippen LogP contribution in [0.3, 0.4) is 0 Å². The van der Waals surface area contributed by atoms with Crippen molar-refractivity contribution in [1.82, 2.24) is 0 Å². The molecule has 2 heterocycles. The number of hydrogen-bond donors (Lipinski definition) is 1. The number of aliphatic hydroxyl groups excluding tert-OH is 1. The van der Waals surface area contributed by atoms with Gasteiger partial charge in [0.2, 0.25) is 11.8 Å². The Balaban J connectivity index is 0.000000260. The summed E-state index contributed by atoms with van der Waals surface area (Å²) in [5.41, 5.74) is 2.06. The van der Waals surface area contributed by atoms with Crippen molar-refractivity contribution >= 4 is 11.8 Å². The number of unbranched alkanes of at least 4 members (excludes halogenated alkanes) is 8. The maximum Gasteiger partial charge on any atom is 0.216 e. The third-order valence-corrected chi connectivity index (χ3v) is 8.88. The summed E-state index contributed by atoms with van der Waals surface area (Å²) in [6.07, 6.45) is 16.8. The zero-order chi connectivity index (χ0) is 34.1. The minimum atomic E-state index is -0.241. The molecule has 2 aromatic rings. The lowest BCUT2D eigenvalue weighted by Crippen LogP contribution is -2.17. The van der Waals surface area contributed by atoms with Gasteiger partial charge in [-0.05, 0) is 49.4 Å². The van der Waals surface area contributed by atoms with Crippen molar-refractivity contribution < 1.29 is 24.1 Å². The van der Waals surface area contributed by atoms with Crippen LogP contribution in [0.2, 0.25) is 0 Å². The second-order valence-electron chi connectivity index (χ2n) is 13.4. The molecule has 4 rings (SSSR count). The molecule has 7 heteroatoms. The summed E-state index contributed by atoms with van der Waals surface area (Å²) >= 11 is 0. The smallest absolute Gasteiger partial charge is 0.216 e. The molecule has 0 fully saturated rings. The Morgan fingerprint density at radius 3 is 1.58 bits per heavy atom. The minimum absolute atomic E-state index is 0.0615. The van der Waals surface area contributed by atoms with Crippen LogP contribution in [0.1, 0.15) is 122 Å². The number of nitrogens with zero attached hydrogens (tertiary/aromatic N) is 2. The van der Waals surface area contributed by atoms with E-state index < -0.39 is 0 Å². The van der Waals surface area contributed by atoms with Gasteiger partial charge >= 0.3 is 0 Å². The molecular formula is C41H64N2O5. The first-order valence-corrected chi connectivity index (χ1v) is 18.9. The topological polar surface area (TPSA) is 81.9 Å². The van der Waals surface area contributed by atoms with Crippen molar-refractivity contribution in [3.8, 4) is 0 Å². The molecule has 2 aliphatic rings. The second kappa shape index (κ2) is 25.3. The Kier molecular flexibility index (Phi) is 20.9. The molecule has 0 amide bonds. The van der Waals surface area contributed by atoms with Crippen molar-refractivity contribution in [2.24, 2.45) is 15.9 Å². The fraction of sp³-hybridized carbons (Fsp3) is 0.659. The average Bonchev–Trinajstić information content (AvgIpc) is 3.80. The van der Waals surface area contributed by atoms with Crippen molar-refractivity contribution in [3.05, 3.63) is 71.8 Å². The van der Waals surface area contributed by atoms with Gasteiger partial charge in [-0.25, -0.2) is 9.98 Å². The first kappa shape index (κ1) is 39.7. The van der Waals surface area contributed by atoms with E-state index in [1.54, 1.807) is 0 Å². The third kappa shape index (κ3) is 17.1. The van der Waals surface area contributed by atoms with Crippen LogP contribution in [0.5, 0.6) is 0 Å². The Labute approximate surface area is 291 Å². The van der Waals surface area contributed by atoms with Gasteiger partial charge in [0.1, 0.15) is 25.3 Å². The molecular weight excluding hydrogens is 600 g/mol. The summed E-state index contributed by atoms with van der Waals surface area (Å²) in [6, 6.07) is 20.2. The Hall–Kier alpha value is -2.74. The lowest BCUT2D eigenvalue weighted by Gasteiger charge is -2.12. The molecule has 0 aliphatic carbocycles. The summed E-state index contributed by atoms with van der Waals surface area (Å²) in [5.74, 6) is 2.22. The predicted molar refractivity (Wildman–Crippen MR) is 198 cm³/mol. The van der Waals surface area contributed by atoms with E-state index in [9.17, 15) is 5.11 Å². The number of hydrogen-bond acceptors (Lipinski definition) is 7. The van der Waals surface area contributed by atoms with Gasteiger partial charge in [0.05, 0.1) is 19.3 Å². The highest BCUT2D eigenvalue weighted by Crippen LogP contribution is 2.16. The quantitative estimate of drug-likeness (QED) is 0.113. The SMILES string of the molecule is CCCCCCCC(O)CCOC[C@@H]1COC(c2ccccc2)=N1.CCCCCCC[C@@H](C)CCOC[C@@H]1COC(c2ccccc2)=N1. The normalized spacial score (nSPS) is 18.2. The van der Waals surface area contributed by atoms with Crippen LogP contribution < -0.4 is 0 Å². The highest BCUT2D eigenvalue weighted by atomic mass is 16.5. The van der Waals surface area contributed by atoms with Crippen molar-refractivity contribution in [3.63, 3.8) is 0 Å². The zero-order valence-corrected chi connectivity index (χ0v) is 30.2. The molecule has 0 saturated carbocycles. The van der Waals surface area contributed by atoms with Crippen LogP contribution in [0, 0.1) is 5.92 Å². The molecule has 7 nitrogen and oxygen atoms in total. The van der Waals surface area contributed by atoms with E-state index in [0.717, 1.165) is 48.8 Å². The van der Waals surface area contributed by atoms with Gasteiger partial charge in [0.25, 0.3) is 0 Å². The molecule has 2 aliphatic heterocycles. The van der Waals surface area contributed by atoms with E-state index in [2.05, 4.69) is 30.8 Å². The summed E-state index contributed by atoms with van der Waals surface area (Å²) in [6.45, 7) is 10.7. The molecule has 0 saturated heterocycles. The standard InChI is InChI=1S/C21H33NO2.C20H31NO3/c1-3-4-5-6-8-11-18(2)14-15-23-16-20-17-24-21(22-20)19-12-9-7-10-13-19;1-2-3-4-5-9-12-19(22)13-14-23-15-18-16-24-20(21-18)17-10-7-6-8-11-17/h7,9-10,12-13,18,20H,3-6,8,11,14-17H2,1-2H3;6-8,10-11,18-19,22H,2-5,9,12-16H2,1H3/t18-,20-;18-,19?/m11/s1. The lowest BCUT2D eigenvalue weighted by molar-refractivity contribution is 0.0675. The second-order valence-corrected chi connectivity index (χ2v) is 13.4. The minimum Gasteiger partial charge on any atom is -0.475 e. The molecule has 0 spiro atoms. The Morgan fingerprint density at radius 1 is 0.625 bits per heavy atom. The number of rotatable bonds is 24. The van der Waals surface area contributed by atoms with E-state index in [-0.39, 0.29) is 18.2 Å². The van der Waals surface area contributed by atoms with Gasteiger partial charge in [-0.3, -0.25) is 0 Å². The van der Waals surface area contributed by atoms with Crippen LogP contribution >= 0.6 is 0 Å². The number of benzene rings is 2. The molecule has 4 atom stereocenters. The maximum atomic E-state index is 9.96. The van der Waals surface area contributed by atoms with Crippen LogP contribution in [0.25, 0.3) is 0 Å². The fourth-order valence-electron chi connectivity index (χ4n) is 5.79. The van der Waals surface area contributed by atoms with Crippen molar-refractivity contribution in [1.29, 1.82) is 0 Å². The van der Waals surface area contributed by atoms with Crippen LogP contribution in [0.15, 0.2) is 70.6 Å². The average molecular weight is 665 g/mol. The Morgan fingerprint density at radius 2 is 1.08 bits per heavy atom. The van der Waals surface area contributed by atoms with E-state index in [0.29, 0.717) is 45.4 Å². The summed E-state index contributed by atoms with van der Waals surface area (Å²) in [4.78, 5) is 9.18. The first-order valence-electron chi connectivity index (χ1n) is 18.9. The molecule has 1 unspecified atom stereocenters. The van der Waals surface area contributed by atoms with Gasteiger partial charge in [-0.2, -0.15) is 0 Å². The molecule has 268 valence electrons. The largest absolute Gasteiger partial charge is 0.475 e. The van der Waals surface area contributed by atoms with E-state index >= 15 is 0 Å². The molecule has 0 radical (unpaired) electrons. The highest BCUT2D eigenvalue weighted by Gasteiger charge is 2.21. The maximum absolute atomic E-state index is 9.96. The molecule has 0 bridgehead atoms. The van der Waals surface area contributed by atoms with Crippen LogP contribution in [-0.4, -0.2) is 74.7 Å². The predicted octanol–water partition coefficient (Wildman–Crippen LogP) is 9.20. The first-order chi connectivity index (χ1) is 23.6. The van der Waals surface area contributed by atoms with Crippen molar-refractivity contribution in [2.75, 3.05) is 39.6 Å². The zero-order valence-electron chi connectivity index (χ0n) is 30.2. The lowest BCUT2D eigenvalue weighted by atomic mass is 9.99. The van der Waals surface area contributed by atoms with Crippen LogP contribution in [0.4, 0.5) is 0 Å². The molecule has 0 aromatic heterocycles. The molecule has 48 heavy (non-hydrogen) atoms. The number of ether oxygens (including phenoxy) is 4. The van der Waals surface area contributed by atoms with E-state index in [1.807, 2.05) is 60.7 Å². The van der Waals surface area contributed by atoms with Crippen LogP contribution in [-0.2, 0) is 18.9 Å².